The predicted molar refractivity (Wildman–Crippen MR) is 72.3 cm³/mol. The van der Waals surface area contributed by atoms with Crippen LogP contribution in [0, 0.1) is 0 Å². The van der Waals surface area contributed by atoms with Gasteiger partial charge in [0.15, 0.2) is 0 Å². The first-order valence-corrected chi connectivity index (χ1v) is 6.45. The first-order valence-electron chi connectivity index (χ1n) is 6.45. The zero-order valence-corrected chi connectivity index (χ0v) is 11.3. The van der Waals surface area contributed by atoms with E-state index in [4.69, 9.17) is 9.84 Å². The van der Waals surface area contributed by atoms with Crippen LogP contribution in [0.4, 0.5) is 0 Å². The largest absolute Gasteiger partial charge is 0.494 e. The lowest BCUT2D eigenvalue weighted by Crippen LogP contribution is -2.38. The van der Waals surface area contributed by atoms with Crippen molar-refractivity contribution in [3.63, 3.8) is 0 Å². The van der Waals surface area contributed by atoms with E-state index in [0.717, 1.165) is 11.3 Å². The van der Waals surface area contributed by atoms with Crippen molar-refractivity contribution in [2.24, 2.45) is 0 Å². The highest BCUT2D eigenvalue weighted by molar-refractivity contribution is 5.73. The van der Waals surface area contributed by atoms with Crippen molar-refractivity contribution in [2.45, 2.75) is 32.4 Å². The van der Waals surface area contributed by atoms with E-state index < -0.39 is 18.1 Å². The average Bonchev–Trinajstić information content (AvgIpc) is 2.40. The van der Waals surface area contributed by atoms with Crippen LogP contribution in [0.1, 0.15) is 31.9 Å². The van der Waals surface area contributed by atoms with Gasteiger partial charge in [-0.2, -0.15) is 0 Å². The van der Waals surface area contributed by atoms with Crippen LogP contribution in [-0.2, 0) is 4.79 Å². The van der Waals surface area contributed by atoms with Crippen molar-refractivity contribution in [2.75, 3.05) is 13.2 Å². The zero-order chi connectivity index (χ0) is 14.3. The lowest BCUT2D eigenvalue weighted by molar-refractivity contribution is -0.139. The molecule has 106 valence electrons. The molecule has 0 amide bonds. The van der Waals surface area contributed by atoms with Crippen molar-refractivity contribution >= 4 is 5.97 Å². The number of carboxylic acids is 1. The normalized spacial score (nSPS) is 13.8. The Morgan fingerprint density at radius 3 is 2.42 bits per heavy atom. The van der Waals surface area contributed by atoms with Gasteiger partial charge in [0.1, 0.15) is 11.8 Å². The molecule has 0 spiro atoms. The van der Waals surface area contributed by atoms with E-state index >= 15 is 0 Å². The highest BCUT2D eigenvalue weighted by atomic mass is 16.5. The van der Waals surface area contributed by atoms with Crippen molar-refractivity contribution in [1.82, 2.24) is 5.32 Å². The first kappa shape index (κ1) is 15.5. The minimum Gasteiger partial charge on any atom is -0.494 e. The number of nitrogens with one attached hydrogen (secondary N) is 1. The molecule has 0 bridgehead atoms. The van der Waals surface area contributed by atoms with Crippen molar-refractivity contribution in [3.8, 4) is 5.75 Å². The molecule has 2 atom stereocenters. The molecule has 19 heavy (non-hydrogen) atoms. The summed E-state index contributed by atoms with van der Waals surface area (Å²) in [6.07, 6.45) is -0.255. The highest BCUT2D eigenvalue weighted by Crippen LogP contribution is 2.17. The van der Waals surface area contributed by atoms with Crippen LogP contribution in [0.25, 0.3) is 0 Å². The van der Waals surface area contributed by atoms with Gasteiger partial charge in [-0.1, -0.05) is 19.1 Å². The standard InChI is InChI=1S/C14H21NO4/c1-3-12(14(17)18)15-9-13(16)10-5-7-11(8-6-10)19-4-2/h5-8,12-13,15-16H,3-4,9H2,1-2H3,(H,17,18). The van der Waals surface area contributed by atoms with Crippen LogP contribution in [0.5, 0.6) is 5.75 Å². The summed E-state index contributed by atoms with van der Waals surface area (Å²) in [5.74, 6) is -0.148. The Balaban J connectivity index is 2.53. The van der Waals surface area contributed by atoms with E-state index in [1.807, 2.05) is 6.92 Å². The molecule has 5 nitrogen and oxygen atoms in total. The number of hydrogen-bond acceptors (Lipinski definition) is 4. The van der Waals surface area contributed by atoms with Crippen molar-refractivity contribution in [1.29, 1.82) is 0 Å². The van der Waals surface area contributed by atoms with E-state index in [0.29, 0.717) is 13.0 Å². The van der Waals surface area contributed by atoms with Gasteiger partial charge in [-0.25, -0.2) is 0 Å². The number of carboxylic acid groups (broad SMARTS) is 1. The summed E-state index contributed by atoms with van der Waals surface area (Å²) in [5, 5.41) is 21.7. The minimum atomic E-state index is -0.901. The molecule has 2 unspecified atom stereocenters. The number of ether oxygens (including phenoxy) is 1. The SMILES string of the molecule is CCOc1ccc(C(O)CNC(CC)C(=O)O)cc1. The molecule has 0 aliphatic heterocycles. The molecule has 0 aromatic heterocycles. The molecular weight excluding hydrogens is 246 g/mol. The number of aliphatic carboxylic acids is 1. The molecule has 1 aromatic carbocycles. The molecular formula is C14H21NO4. The fourth-order valence-corrected chi connectivity index (χ4v) is 1.73. The van der Waals surface area contributed by atoms with Gasteiger partial charge in [0.25, 0.3) is 0 Å². The summed E-state index contributed by atoms with van der Waals surface area (Å²) in [6, 6.07) is 6.50. The fraction of sp³-hybridized carbons (Fsp3) is 0.500. The van der Waals surface area contributed by atoms with Gasteiger partial charge in [-0.05, 0) is 31.0 Å². The third-order valence-corrected chi connectivity index (χ3v) is 2.84. The Bertz CT molecular complexity index is 391. The zero-order valence-electron chi connectivity index (χ0n) is 11.3. The maximum Gasteiger partial charge on any atom is 0.320 e. The minimum absolute atomic E-state index is 0.207. The van der Waals surface area contributed by atoms with Crippen molar-refractivity contribution < 1.29 is 19.7 Å². The predicted octanol–water partition coefficient (Wildman–Crippen LogP) is 1.57. The second-order valence-corrected chi connectivity index (χ2v) is 4.23. The summed E-state index contributed by atoms with van der Waals surface area (Å²) < 4.78 is 5.31. The Kier molecular flexibility index (Phi) is 6.32. The number of rotatable bonds is 8. The van der Waals surface area contributed by atoms with Gasteiger partial charge in [-0.3, -0.25) is 4.79 Å². The van der Waals surface area contributed by atoms with Crippen molar-refractivity contribution in [3.05, 3.63) is 29.8 Å². The first-order chi connectivity index (χ1) is 9.08. The molecule has 0 saturated heterocycles. The third-order valence-electron chi connectivity index (χ3n) is 2.84. The molecule has 0 aliphatic rings. The lowest BCUT2D eigenvalue weighted by Gasteiger charge is -2.16. The second-order valence-electron chi connectivity index (χ2n) is 4.23. The maximum absolute atomic E-state index is 10.8. The number of aliphatic hydroxyl groups excluding tert-OH is 1. The summed E-state index contributed by atoms with van der Waals surface area (Å²) >= 11 is 0. The van der Waals surface area contributed by atoms with E-state index in [-0.39, 0.29) is 6.54 Å². The second kappa shape index (κ2) is 7.76. The van der Waals surface area contributed by atoms with Gasteiger partial charge in [-0.15, -0.1) is 0 Å². The quantitative estimate of drug-likeness (QED) is 0.666. The molecule has 3 N–H and O–H groups in total. The molecule has 1 aromatic rings. The summed E-state index contributed by atoms with van der Waals surface area (Å²) in [5.41, 5.74) is 0.733. The number of hydrogen-bond donors (Lipinski definition) is 3. The summed E-state index contributed by atoms with van der Waals surface area (Å²) in [4.78, 5) is 10.8. The Hall–Kier alpha value is -1.59. The number of carbonyl (C=O) groups is 1. The summed E-state index contributed by atoms with van der Waals surface area (Å²) in [7, 11) is 0. The number of aliphatic hydroxyl groups is 1. The van der Waals surface area contributed by atoms with Crippen LogP contribution in [0.15, 0.2) is 24.3 Å². The van der Waals surface area contributed by atoms with Gasteiger partial charge >= 0.3 is 5.97 Å². The molecule has 0 aliphatic carbocycles. The topological polar surface area (TPSA) is 78.8 Å². The molecule has 0 heterocycles. The lowest BCUT2D eigenvalue weighted by atomic mass is 10.1. The van der Waals surface area contributed by atoms with Crippen LogP contribution >= 0.6 is 0 Å². The van der Waals surface area contributed by atoms with Crippen LogP contribution in [-0.4, -0.2) is 35.4 Å². The highest BCUT2D eigenvalue weighted by Gasteiger charge is 2.16. The maximum atomic E-state index is 10.8. The van der Waals surface area contributed by atoms with Crippen LogP contribution in [0.2, 0.25) is 0 Å². The monoisotopic (exact) mass is 267 g/mol. The number of benzene rings is 1. The van der Waals surface area contributed by atoms with Gasteiger partial charge in [0.05, 0.1) is 12.7 Å². The molecule has 0 radical (unpaired) electrons. The smallest absolute Gasteiger partial charge is 0.320 e. The molecule has 5 heteroatoms. The molecule has 0 saturated carbocycles. The Morgan fingerprint density at radius 2 is 1.95 bits per heavy atom. The van der Waals surface area contributed by atoms with Gasteiger partial charge in [0, 0.05) is 6.54 Å². The van der Waals surface area contributed by atoms with E-state index in [9.17, 15) is 9.90 Å². The average molecular weight is 267 g/mol. The van der Waals surface area contributed by atoms with Gasteiger partial charge in [0.2, 0.25) is 0 Å². The third kappa shape index (κ3) is 4.89. The molecule has 1 rings (SSSR count). The Morgan fingerprint density at radius 1 is 1.32 bits per heavy atom. The van der Waals surface area contributed by atoms with E-state index in [2.05, 4.69) is 5.32 Å². The fourth-order valence-electron chi connectivity index (χ4n) is 1.73. The van der Waals surface area contributed by atoms with Crippen LogP contribution in [0.3, 0.4) is 0 Å². The van der Waals surface area contributed by atoms with Crippen LogP contribution < -0.4 is 10.1 Å². The summed E-state index contributed by atoms with van der Waals surface area (Å²) in [6.45, 7) is 4.50. The van der Waals surface area contributed by atoms with E-state index in [1.165, 1.54) is 0 Å². The Labute approximate surface area is 113 Å². The van der Waals surface area contributed by atoms with E-state index in [1.54, 1.807) is 31.2 Å². The van der Waals surface area contributed by atoms with Gasteiger partial charge < -0.3 is 20.3 Å². The molecule has 0 fully saturated rings.